The van der Waals surface area contributed by atoms with E-state index in [1.807, 2.05) is 20.8 Å². The van der Waals surface area contributed by atoms with E-state index in [2.05, 4.69) is 6.92 Å². The molecule has 1 fully saturated rings. The minimum Gasteiger partial charge on any atom is -0.342 e. The van der Waals surface area contributed by atoms with Gasteiger partial charge < -0.3 is 4.90 Å². The van der Waals surface area contributed by atoms with Crippen LogP contribution in [-0.4, -0.2) is 50.2 Å². The third kappa shape index (κ3) is 3.64. The molecular weight excluding hydrogens is 324 g/mol. The van der Waals surface area contributed by atoms with Crippen molar-refractivity contribution in [2.24, 2.45) is 5.92 Å². The Kier molecular flexibility index (Phi) is 5.71. The van der Waals surface area contributed by atoms with Crippen molar-refractivity contribution in [2.45, 2.75) is 45.4 Å². The van der Waals surface area contributed by atoms with Gasteiger partial charge in [-0.2, -0.15) is 4.31 Å². The number of sulfonamides is 1. The molecule has 1 aromatic rings. The molecule has 1 heterocycles. The molecule has 0 aliphatic carbocycles. The van der Waals surface area contributed by atoms with Crippen molar-refractivity contribution in [3.63, 3.8) is 0 Å². The molecule has 0 saturated carbocycles. The summed E-state index contributed by atoms with van der Waals surface area (Å²) in [6.45, 7) is 9.40. The van der Waals surface area contributed by atoms with Crippen LogP contribution >= 0.6 is 0 Å². The van der Waals surface area contributed by atoms with Crippen molar-refractivity contribution in [1.82, 2.24) is 9.21 Å². The van der Waals surface area contributed by atoms with Gasteiger partial charge in [0.2, 0.25) is 10.0 Å². The Labute approximate surface area is 145 Å². The highest BCUT2D eigenvalue weighted by atomic mass is 32.2. The lowest BCUT2D eigenvalue weighted by atomic mass is 10.0. The van der Waals surface area contributed by atoms with Gasteiger partial charge in [-0.05, 0) is 62.8 Å². The fourth-order valence-electron chi connectivity index (χ4n) is 2.95. The molecule has 1 aliphatic heterocycles. The first kappa shape index (κ1) is 18.9. The Balaban J connectivity index is 2.45. The van der Waals surface area contributed by atoms with Crippen LogP contribution in [-0.2, 0) is 10.0 Å². The van der Waals surface area contributed by atoms with E-state index in [9.17, 15) is 13.2 Å². The van der Waals surface area contributed by atoms with Crippen LogP contribution in [0.2, 0.25) is 0 Å². The van der Waals surface area contributed by atoms with E-state index in [1.54, 1.807) is 28.4 Å². The van der Waals surface area contributed by atoms with Crippen molar-refractivity contribution in [3.8, 4) is 0 Å². The number of nitrogens with zero attached hydrogens (tertiary/aromatic N) is 2. The monoisotopic (exact) mass is 352 g/mol. The lowest BCUT2D eigenvalue weighted by Gasteiger charge is -2.30. The van der Waals surface area contributed by atoms with Crippen molar-refractivity contribution in [1.29, 1.82) is 0 Å². The molecule has 2 rings (SSSR count). The zero-order valence-electron chi connectivity index (χ0n) is 15.3. The van der Waals surface area contributed by atoms with Crippen LogP contribution in [0.15, 0.2) is 17.0 Å². The highest BCUT2D eigenvalue weighted by molar-refractivity contribution is 7.89. The van der Waals surface area contributed by atoms with Gasteiger partial charge in [0.15, 0.2) is 0 Å². The van der Waals surface area contributed by atoms with Gasteiger partial charge in [0.25, 0.3) is 5.91 Å². The average Bonchev–Trinajstić information content (AvgIpc) is 2.55. The summed E-state index contributed by atoms with van der Waals surface area (Å²) in [6.07, 6.45) is 1.77. The van der Waals surface area contributed by atoms with Gasteiger partial charge in [0, 0.05) is 32.2 Å². The van der Waals surface area contributed by atoms with E-state index < -0.39 is 10.0 Å². The first-order valence-corrected chi connectivity index (χ1v) is 9.99. The van der Waals surface area contributed by atoms with Gasteiger partial charge in [-0.1, -0.05) is 6.92 Å². The Hall–Kier alpha value is -1.40. The van der Waals surface area contributed by atoms with Gasteiger partial charge in [-0.25, -0.2) is 8.42 Å². The smallest absolute Gasteiger partial charge is 0.253 e. The zero-order valence-corrected chi connectivity index (χ0v) is 16.1. The molecular formula is C18H28N2O3S. The van der Waals surface area contributed by atoms with Crippen molar-refractivity contribution in [3.05, 3.63) is 28.8 Å². The van der Waals surface area contributed by atoms with Gasteiger partial charge in [-0.3, -0.25) is 4.79 Å². The quantitative estimate of drug-likeness (QED) is 0.837. The number of aryl methyl sites for hydroxylation is 1. The van der Waals surface area contributed by atoms with Crippen molar-refractivity contribution < 1.29 is 13.2 Å². The molecule has 1 saturated heterocycles. The number of rotatable bonds is 4. The summed E-state index contributed by atoms with van der Waals surface area (Å²) in [4.78, 5) is 14.3. The molecule has 1 aromatic carbocycles. The molecule has 0 radical (unpaired) electrons. The highest BCUT2D eigenvalue weighted by Crippen LogP contribution is 2.28. The minimum absolute atomic E-state index is 0.149. The standard InChI is InChI=1S/C18H28N2O3S/c1-6-19(5)18(21)16-11-14(3)15(4)17(12-16)24(22,23)20-9-7-13(2)8-10-20/h11-13H,6-10H2,1-5H3. The van der Waals surface area contributed by atoms with Crippen LogP contribution in [0.5, 0.6) is 0 Å². The molecule has 1 aliphatic rings. The second-order valence-electron chi connectivity index (χ2n) is 6.82. The normalized spacial score (nSPS) is 17.0. The summed E-state index contributed by atoms with van der Waals surface area (Å²) in [5.74, 6) is 0.412. The van der Waals surface area contributed by atoms with E-state index in [0.717, 1.165) is 24.0 Å². The lowest BCUT2D eigenvalue weighted by Crippen LogP contribution is -2.38. The number of carbonyl (C=O) groups excluding carboxylic acids is 1. The molecule has 0 aromatic heterocycles. The third-order valence-electron chi connectivity index (χ3n) is 5.05. The Bertz CT molecular complexity index is 720. The zero-order chi connectivity index (χ0) is 18.1. The summed E-state index contributed by atoms with van der Waals surface area (Å²) >= 11 is 0. The number of carbonyl (C=O) groups is 1. The molecule has 0 N–H and O–H groups in total. The summed E-state index contributed by atoms with van der Waals surface area (Å²) < 4.78 is 27.7. The molecule has 5 nitrogen and oxygen atoms in total. The minimum atomic E-state index is -3.56. The van der Waals surface area contributed by atoms with Gasteiger partial charge in [0.05, 0.1) is 4.90 Å². The predicted octanol–water partition coefficient (Wildman–Crippen LogP) is 2.82. The molecule has 0 unspecified atom stereocenters. The highest BCUT2D eigenvalue weighted by Gasteiger charge is 2.30. The van der Waals surface area contributed by atoms with Crippen LogP contribution in [0.4, 0.5) is 0 Å². The number of hydrogen-bond acceptors (Lipinski definition) is 3. The summed E-state index contributed by atoms with van der Waals surface area (Å²) in [5, 5.41) is 0. The Morgan fingerprint density at radius 1 is 1.25 bits per heavy atom. The molecule has 0 spiro atoms. The maximum atomic E-state index is 13.1. The first-order valence-electron chi connectivity index (χ1n) is 8.55. The van der Waals surface area contributed by atoms with E-state index >= 15 is 0 Å². The number of benzene rings is 1. The molecule has 6 heteroatoms. The molecule has 134 valence electrons. The molecule has 1 amide bonds. The third-order valence-corrected chi connectivity index (χ3v) is 7.07. The van der Waals surface area contributed by atoms with E-state index in [0.29, 0.717) is 31.1 Å². The lowest BCUT2D eigenvalue weighted by molar-refractivity contribution is 0.0802. The second-order valence-corrected chi connectivity index (χ2v) is 8.73. The topological polar surface area (TPSA) is 57.7 Å². The van der Waals surface area contributed by atoms with Crippen LogP contribution in [0.25, 0.3) is 0 Å². The Morgan fingerprint density at radius 3 is 2.38 bits per heavy atom. The van der Waals surface area contributed by atoms with Crippen molar-refractivity contribution in [2.75, 3.05) is 26.7 Å². The maximum Gasteiger partial charge on any atom is 0.253 e. The second kappa shape index (κ2) is 7.23. The van der Waals surface area contributed by atoms with Crippen molar-refractivity contribution >= 4 is 15.9 Å². The Morgan fingerprint density at radius 2 is 1.83 bits per heavy atom. The van der Waals surface area contributed by atoms with Gasteiger partial charge in [0.1, 0.15) is 0 Å². The van der Waals surface area contributed by atoms with E-state index in [1.165, 1.54) is 0 Å². The van der Waals surface area contributed by atoms with Gasteiger partial charge in [-0.15, -0.1) is 0 Å². The SMILES string of the molecule is CCN(C)C(=O)c1cc(C)c(C)c(S(=O)(=O)N2CCC(C)CC2)c1. The summed E-state index contributed by atoms with van der Waals surface area (Å²) in [5.41, 5.74) is 1.99. The first-order chi connectivity index (χ1) is 11.2. The van der Waals surface area contributed by atoms with Crippen LogP contribution < -0.4 is 0 Å². The summed E-state index contributed by atoms with van der Waals surface area (Å²) in [6, 6.07) is 3.32. The predicted molar refractivity (Wildman–Crippen MR) is 95.7 cm³/mol. The maximum absolute atomic E-state index is 13.1. The molecule has 0 atom stereocenters. The summed E-state index contributed by atoms with van der Waals surface area (Å²) in [7, 11) is -1.84. The van der Waals surface area contributed by atoms with Gasteiger partial charge >= 0.3 is 0 Å². The van der Waals surface area contributed by atoms with Crippen LogP contribution in [0.3, 0.4) is 0 Å². The number of amides is 1. The van der Waals surface area contributed by atoms with Crippen LogP contribution in [0.1, 0.15) is 48.2 Å². The van der Waals surface area contributed by atoms with E-state index in [-0.39, 0.29) is 10.8 Å². The fourth-order valence-corrected chi connectivity index (χ4v) is 4.74. The average molecular weight is 353 g/mol. The largest absolute Gasteiger partial charge is 0.342 e. The molecule has 24 heavy (non-hydrogen) atoms. The van der Waals surface area contributed by atoms with E-state index in [4.69, 9.17) is 0 Å². The molecule has 0 bridgehead atoms. The number of hydrogen-bond donors (Lipinski definition) is 0. The number of piperidine rings is 1. The fraction of sp³-hybridized carbons (Fsp3) is 0.611. The van der Waals surface area contributed by atoms with Crippen LogP contribution in [0, 0.1) is 19.8 Å².